The van der Waals surface area contributed by atoms with Gasteiger partial charge >= 0.3 is 6.09 Å². The Morgan fingerprint density at radius 1 is 1.39 bits per heavy atom. The summed E-state index contributed by atoms with van der Waals surface area (Å²) in [5, 5.41) is 12.5. The predicted octanol–water partition coefficient (Wildman–Crippen LogP) is 3.10. The molecule has 0 aromatic carbocycles. The normalized spacial score (nSPS) is 17.7. The monoisotopic (exact) mass is 340 g/mol. The van der Waals surface area contributed by atoms with Crippen molar-refractivity contribution >= 4 is 17.6 Å². The zero-order valence-corrected chi connectivity index (χ0v) is 15.1. The van der Waals surface area contributed by atoms with Crippen LogP contribution in [-0.2, 0) is 11.3 Å². The van der Waals surface area contributed by atoms with E-state index in [0.29, 0.717) is 19.0 Å². The van der Waals surface area contributed by atoms with Gasteiger partial charge in [0, 0.05) is 24.5 Å². The van der Waals surface area contributed by atoms with Crippen molar-refractivity contribution in [1.82, 2.24) is 20.2 Å². The molecule has 0 aliphatic heterocycles. The second-order valence-corrected chi connectivity index (χ2v) is 7.77. The van der Waals surface area contributed by atoms with E-state index < -0.39 is 5.60 Å². The lowest BCUT2D eigenvalue weighted by Gasteiger charge is -2.31. The molecule has 0 radical (unpaired) electrons. The summed E-state index contributed by atoms with van der Waals surface area (Å²) in [5.41, 5.74) is 0.484. The summed E-state index contributed by atoms with van der Waals surface area (Å²) in [6.45, 7) is 6.89. The number of hydrogen-bond donors (Lipinski definition) is 2. The Morgan fingerprint density at radius 3 is 2.74 bits per heavy atom. The fourth-order valence-corrected chi connectivity index (χ4v) is 3.40. The highest BCUT2D eigenvalue weighted by Gasteiger charge is 2.25. The molecule has 1 atom stereocenters. The van der Waals surface area contributed by atoms with Gasteiger partial charge in [0.2, 0.25) is 0 Å². The van der Waals surface area contributed by atoms with Gasteiger partial charge in [0.05, 0.1) is 5.69 Å². The number of rotatable bonds is 6. The lowest BCUT2D eigenvalue weighted by molar-refractivity contribution is 0.0515. The van der Waals surface area contributed by atoms with Crippen molar-refractivity contribution in [3.8, 4) is 0 Å². The van der Waals surface area contributed by atoms with Gasteiger partial charge in [-0.3, -0.25) is 0 Å². The van der Waals surface area contributed by atoms with E-state index in [1.54, 1.807) is 0 Å². The smallest absolute Gasteiger partial charge is 0.407 e. The molecule has 1 aliphatic rings. The third-order valence-corrected chi connectivity index (χ3v) is 4.59. The quantitative estimate of drug-likeness (QED) is 0.832. The molecule has 2 N–H and O–H groups in total. The molecule has 6 nitrogen and oxygen atoms in total. The molecule has 1 aliphatic carbocycles. The topological polar surface area (TPSA) is 76.1 Å². The van der Waals surface area contributed by atoms with Gasteiger partial charge in [0.25, 0.3) is 0 Å². The third kappa shape index (κ3) is 6.83. The van der Waals surface area contributed by atoms with Crippen LogP contribution >= 0.6 is 11.5 Å². The molecule has 1 heterocycles. The van der Waals surface area contributed by atoms with E-state index in [2.05, 4.69) is 20.2 Å². The molecule has 1 aromatic heterocycles. The van der Waals surface area contributed by atoms with Crippen LogP contribution in [0.2, 0.25) is 0 Å². The van der Waals surface area contributed by atoms with Crippen molar-refractivity contribution in [2.45, 2.75) is 71.1 Å². The first-order valence-corrected chi connectivity index (χ1v) is 9.24. The summed E-state index contributed by atoms with van der Waals surface area (Å²) in [6.07, 6.45) is 5.93. The van der Waals surface area contributed by atoms with E-state index in [1.165, 1.54) is 43.6 Å². The van der Waals surface area contributed by atoms with E-state index in [4.69, 9.17) is 4.74 Å². The lowest BCUT2D eigenvalue weighted by Crippen LogP contribution is -2.46. The first-order chi connectivity index (χ1) is 10.9. The molecule has 7 heteroatoms. The number of alkyl carbamates (subject to hydrolysis) is 1. The highest BCUT2D eigenvalue weighted by Crippen LogP contribution is 2.26. The maximum absolute atomic E-state index is 11.9. The number of carbonyl (C=O) groups is 1. The van der Waals surface area contributed by atoms with Crippen LogP contribution in [0.5, 0.6) is 0 Å². The van der Waals surface area contributed by atoms with Crippen molar-refractivity contribution in [3.63, 3.8) is 0 Å². The second-order valence-electron chi connectivity index (χ2n) is 7.16. The number of aromatic nitrogens is 2. The maximum Gasteiger partial charge on any atom is 0.407 e. The number of nitrogens with one attached hydrogen (secondary N) is 2. The van der Waals surface area contributed by atoms with Gasteiger partial charge in [-0.1, -0.05) is 23.8 Å². The van der Waals surface area contributed by atoms with Crippen molar-refractivity contribution in [3.05, 3.63) is 11.1 Å². The average molecular weight is 340 g/mol. The fourth-order valence-electron chi connectivity index (χ4n) is 2.95. The van der Waals surface area contributed by atoms with Crippen LogP contribution < -0.4 is 10.6 Å². The highest BCUT2D eigenvalue weighted by molar-refractivity contribution is 7.03. The van der Waals surface area contributed by atoms with Crippen LogP contribution in [-0.4, -0.2) is 33.9 Å². The van der Waals surface area contributed by atoms with Gasteiger partial charge in [0.15, 0.2) is 0 Å². The maximum atomic E-state index is 11.9. The summed E-state index contributed by atoms with van der Waals surface area (Å²) in [7, 11) is 0. The van der Waals surface area contributed by atoms with Gasteiger partial charge in [-0.05, 0) is 51.1 Å². The van der Waals surface area contributed by atoms with Crippen molar-refractivity contribution < 1.29 is 9.53 Å². The molecule has 23 heavy (non-hydrogen) atoms. The van der Waals surface area contributed by atoms with E-state index in [1.807, 2.05) is 26.2 Å². The van der Waals surface area contributed by atoms with Crippen LogP contribution in [0.25, 0.3) is 0 Å². The number of carbonyl (C=O) groups excluding carboxylic acids is 1. The molecule has 1 unspecified atom stereocenters. The molecule has 0 bridgehead atoms. The predicted molar refractivity (Wildman–Crippen MR) is 91.3 cm³/mol. The first-order valence-electron chi connectivity index (χ1n) is 8.40. The highest BCUT2D eigenvalue weighted by atomic mass is 32.1. The van der Waals surface area contributed by atoms with Crippen LogP contribution in [0.3, 0.4) is 0 Å². The summed E-state index contributed by atoms with van der Waals surface area (Å²) >= 11 is 1.36. The molecular formula is C16H28N4O2S. The Labute approximate surface area is 142 Å². The molecule has 1 fully saturated rings. The van der Waals surface area contributed by atoms with E-state index >= 15 is 0 Å². The zero-order valence-electron chi connectivity index (χ0n) is 14.3. The molecule has 1 amide bonds. The molecule has 1 aromatic rings. The number of ether oxygens (including phenoxy) is 1. The van der Waals surface area contributed by atoms with Crippen LogP contribution in [0.1, 0.15) is 58.6 Å². The third-order valence-electron chi connectivity index (χ3n) is 4.03. The van der Waals surface area contributed by atoms with Gasteiger partial charge in [-0.2, -0.15) is 0 Å². The Balaban J connectivity index is 1.86. The molecule has 0 saturated heterocycles. The lowest BCUT2D eigenvalue weighted by atomic mass is 9.84. The van der Waals surface area contributed by atoms with Crippen LogP contribution in [0.4, 0.5) is 4.79 Å². The number of nitrogens with zero attached hydrogens (tertiary/aromatic N) is 2. The minimum Gasteiger partial charge on any atom is -0.444 e. The van der Waals surface area contributed by atoms with Crippen LogP contribution in [0, 0.1) is 5.92 Å². The van der Waals surface area contributed by atoms with Crippen LogP contribution in [0.15, 0.2) is 5.38 Å². The minimum atomic E-state index is -0.468. The van der Waals surface area contributed by atoms with E-state index in [-0.39, 0.29) is 12.1 Å². The van der Waals surface area contributed by atoms with Crippen molar-refractivity contribution in [2.24, 2.45) is 5.92 Å². The standard InChI is InChI=1S/C16H28N4O2S/c1-16(2,3)22-15(21)18-10-14(12-7-5-4-6-8-12)17-9-13-11-23-20-19-13/h11-12,14,17H,4-10H2,1-3H3,(H,18,21). The fraction of sp³-hybridized carbons (Fsp3) is 0.812. The Hall–Kier alpha value is -1.21. The molecular weight excluding hydrogens is 312 g/mol. The number of amides is 1. The Kier molecular flexibility index (Phi) is 6.77. The SMILES string of the molecule is CC(C)(C)OC(=O)NCC(NCc1csnn1)C1CCCCC1. The second kappa shape index (κ2) is 8.59. The summed E-state index contributed by atoms with van der Waals surface area (Å²) in [6, 6.07) is 0.240. The van der Waals surface area contributed by atoms with Gasteiger partial charge in [-0.25, -0.2) is 4.79 Å². The Bertz CT molecular complexity index is 467. The zero-order chi connectivity index (χ0) is 16.7. The van der Waals surface area contributed by atoms with Gasteiger partial charge in [0.1, 0.15) is 5.60 Å². The summed E-state index contributed by atoms with van der Waals surface area (Å²) in [5.74, 6) is 0.588. The summed E-state index contributed by atoms with van der Waals surface area (Å²) in [4.78, 5) is 11.9. The van der Waals surface area contributed by atoms with Crippen molar-refractivity contribution in [1.29, 1.82) is 0 Å². The van der Waals surface area contributed by atoms with E-state index in [9.17, 15) is 4.79 Å². The molecule has 0 spiro atoms. The van der Waals surface area contributed by atoms with E-state index in [0.717, 1.165) is 5.69 Å². The van der Waals surface area contributed by atoms with Gasteiger partial charge in [-0.15, -0.1) is 5.10 Å². The minimum absolute atomic E-state index is 0.240. The summed E-state index contributed by atoms with van der Waals surface area (Å²) < 4.78 is 9.22. The van der Waals surface area contributed by atoms with Crippen molar-refractivity contribution in [2.75, 3.05) is 6.54 Å². The number of hydrogen-bond acceptors (Lipinski definition) is 6. The van der Waals surface area contributed by atoms with Gasteiger partial charge < -0.3 is 15.4 Å². The molecule has 1 saturated carbocycles. The average Bonchev–Trinajstić information content (AvgIpc) is 3.00. The molecule has 130 valence electrons. The largest absolute Gasteiger partial charge is 0.444 e. The Morgan fingerprint density at radius 2 is 2.13 bits per heavy atom. The molecule has 2 rings (SSSR count). The first kappa shape index (κ1) is 18.1.